The van der Waals surface area contributed by atoms with Crippen LogP contribution in [0.1, 0.15) is 25.0 Å². The van der Waals surface area contributed by atoms with Gasteiger partial charge in [-0.25, -0.2) is 4.79 Å². The van der Waals surface area contributed by atoms with E-state index in [1.807, 2.05) is 0 Å². The zero-order valence-electron chi connectivity index (χ0n) is 21.3. The molecule has 40 heavy (non-hydrogen) atoms. The highest BCUT2D eigenvalue weighted by Crippen LogP contribution is 2.28. The lowest BCUT2D eigenvalue weighted by atomic mass is 10.1. The number of benzene rings is 2. The van der Waals surface area contributed by atoms with Crippen LogP contribution in [0.15, 0.2) is 48.0 Å². The molecule has 1 N–H and O–H groups in total. The van der Waals surface area contributed by atoms with Crippen molar-refractivity contribution in [3.63, 3.8) is 0 Å². The SMILES string of the molecule is CCO[C@@H](Cc1ccc(OC/C=C(\C)C#Cc2cc(OCC(F)(F)F)cc(OCC(F)(F)F)c2)c(Cl)c1)C(=O)O. The van der Waals surface area contributed by atoms with Crippen LogP contribution in [0.25, 0.3) is 0 Å². The Hall–Kier alpha value is -3.56. The van der Waals surface area contributed by atoms with Crippen LogP contribution in [0.3, 0.4) is 0 Å². The molecule has 0 amide bonds. The third-order valence-corrected chi connectivity index (χ3v) is 5.07. The Morgan fingerprint density at radius 3 is 2.10 bits per heavy atom. The number of ether oxygens (including phenoxy) is 4. The first-order chi connectivity index (χ1) is 18.6. The Kier molecular flexibility index (Phi) is 12.0. The number of hydrogen-bond donors (Lipinski definition) is 1. The van der Waals surface area contributed by atoms with Crippen LogP contribution in [0.4, 0.5) is 26.3 Å². The molecule has 0 saturated heterocycles. The van der Waals surface area contributed by atoms with Gasteiger partial charge in [-0.05, 0) is 55.3 Å². The third kappa shape index (κ3) is 12.5. The number of hydrogen-bond acceptors (Lipinski definition) is 5. The van der Waals surface area contributed by atoms with Crippen molar-refractivity contribution in [3.05, 3.63) is 64.2 Å². The standard InChI is InChI=1S/C27H25ClF6O6/c1-3-37-24(25(35)36)13-19-6-7-23(22(28)12-19)38-9-8-17(2)4-5-18-10-20(39-15-26(29,30)31)14-21(11-18)40-16-27(32,33)34/h6-8,10-12,14,24H,3,9,13,15-16H2,1-2H3,(H,35,36)/b17-8+/t24-/m0/s1. The Balaban J connectivity index is 2.09. The second-order valence-corrected chi connectivity index (χ2v) is 8.61. The number of carboxylic acids is 1. The summed E-state index contributed by atoms with van der Waals surface area (Å²) in [6, 6.07) is 7.99. The molecule has 0 unspecified atom stereocenters. The van der Waals surface area contributed by atoms with Crippen molar-refractivity contribution in [2.24, 2.45) is 0 Å². The van der Waals surface area contributed by atoms with E-state index in [0.717, 1.165) is 18.2 Å². The summed E-state index contributed by atoms with van der Waals surface area (Å²) in [5.41, 5.74) is 1.18. The zero-order chi connectivity index (χ0) is 29.9. The fourth-order valence-electron chi connectivity index (χ4n) is 3.04. The number of aliphatic carboxylic acids is 1. The van der Waals surface area contributed by atoms with E-state index in [0.29, 0.717) is 16.9 Å². The fraction of sp³-hybridized carbons (Fsp3) is 0.370. The summed E-state index contributed by atoms with van der Waals surface area (Å²) in [5, 5.41) is 9.46. The van der Waals surface area contributed by atoms with Gasteiger partial charge in [0.1, 0.15) is 23.9 Å². The predicted octanol–water partition coefficient (Wildman–Crippen LogP) is 6.63. The molecule has 0 aliphatic heterocycles. The first-order valence-corrected chi connectivity index (χ1v) is 12.0. The van der Waals surface area contributed by atoms with E-state index in [-0.39, 0.29) is 41.7 Å². The van der Waals surface area contributed by atoms with E-state index in [1.165, 1.54) is 0 Å². The van der Waals surface area contributed by atoms with Gasteiger partial charge in [0.15, 0.2) is 19.3 Å². The number of carboxylic acid groups (broad SMARTS) is 1. The first-order valence-electron chi connectivity index (χ1n) is 11.6. The Morgan fingerprint density at radius 1 is 1.00 bits per heavy atom. The second-order valence-electron chi connectivity index (χ2n) is 8.20. The van der Waals surface area contributed by atoms with E-state index >= 15 is 0 Å². The predicted molar refractivity (Wildman–Crippen MR) is 134 cm³/mol. The largest absolute Gasteiger partial charge is 0.488 e. The van der Waals surface area contributed by atoms with Crippen molar-refractivity contribution in [3.8, 4) is 29.1 Å². The molecule has 0 saturated carbocycles. The number of carbonyl (C=O) groups is 1. The van der Waals surface area contributed by atoms with Crippen molar-refractivity contribution in [1.29, 1.82) is 0 Å². The lowest BCUT2D eigenvalue weighted by molar-refractivity contribution is -0.154. The Labute approximate surface area is 231 Å². The molecule has 0 spiro atoms. The molecule has 2 aromatic carbocycles. The smallest absolute Gasteiger partial charge is 0.422 e. The molecular formula is C27H25ClF6O6. The molecule has 2 aromatic rings. The molecule has 6 nitrogen and oxygen atoms in total. The highest BCUT2D eigenvalue weighted by Gasteiger charge is 2.30. The molecule has 0 fully saturated rings. The third-order valence-electron chi connectivity index (χ3n) is 4.78. The van der Waals surface area contributed by atoms with Crippen molar-refractivity contribution < 1.29 is 55.2 Å². The first kappa shape index (κ1) is 32.7. The molecule has 0 aromatic heterocycles. The molecular weight excluding hydrogens is 570 g/mol. The Morgan fingerprint density at radius 2 is 1.60 bits per heavy atom. The molecule has 13 heteroatoms. The number of allylic oxidation sites excluding steroid dienone is 1. The summed E-state index contributed by atoms with van der Waals surface area (Å²) in [6.45, 7) is 0.292. The average molecular weight is 595 g/mol. The zero-order valence-corrected chi connectivity index (χ0v) is 22.0. The van der Waals surface area contributed by atoms with Gasteiger partial charge < -0.3 is 24.1 Å². The maximum atomic E-state index is 12.5. The normalized spacial score (nSPS) is 12.8. The van der Waals surface area contributed by atoms with Gasteiger partial charge in [0.05, 0.1) is 5.02 Å². The van der Waals surface area contributed by atoms with Crippen LogP contribution in [-0.2, 0) is 16.0 Å². The minimum Gasteiger partial charge on any atom is -0.488 e. The van der Waals surface area contributed by atoms with Gasteiger partial charge in [0.25, 0.3) is 0 Å². The van der Waals surface area contributed by atoms with E-state index in [2.05, 4.69) is 21.3 Å². The summed E-state index contributed by atoms with van der Waals surface area (Å²) in [5.74, 6) is 3.88. The van der Waals surface area contributed by atoms with Crippen LogP contribution in [0, 0.1) is 11.8 Å². The highest BCUT2D eigenvalue weighted by atomic mass is 35.5. The fourth-order valence-corrected chi connectivity index (χ4v) is 3.30. The van der Waals surface area contributed by atoms with Crippen molar-refractivity contribution in [2.45, 2.75) is 38.7 Å². The van der Waals surface area contributed by atoms with E-state index in [4.69, 9.17) is 21.1 Å². The summed E-state index contributed by atoms with van der Waals surface area (Å²) in [7, 11) is 0. The van der Waals surface area contributed by atoms with Gasteiger partial charge >= 0.3 is 18.3 Å². The molecule has 218 valence electrons. The van der Waals surface area contributed by atoms with Gasteiger partial charge in [0, 0.05) is 24.7 Å². The van der Waals surface area contributed by atoms with E-state index < -0.39 is 37.6 Å². The van der Waals surface area contributed by atoms with Crippen molar-refractivity contribution in [2.75, 3.05) is 26.4 Å². The number of rotatable bonds is 12. The van der Waals surface area contributed by atoms with Crippen molar-refractivity contribution >= 4 is 17.6 Å². The summed E-state index contributed by atoms with van der Waals surface area (Å²) >= 11 is 6.24. The summed E-state index contributed by atoms with van der Waals surface area (Å²) in [4.78, 5) is 11.3. The Bertz CT molecular complexity index is 1210. The van der Waals surface area contributed by atoms with Gasteiger partial charge in [-0.1, -0.05) is 29.5 Å². The lowest BCUT2D eigenvalue weighted by Crippen LogP contribution is -2.26. The summed E-state index contributed by atoms with van der Waals surface area (Å²) in [6.07, 6.45) is -8.62. The van der Waals surface area contributed by atoms with Gasteiger partial charge in [0.2, 0.25) is 0 Å². The number of halogens is 7. The molecule has 0 radical (unpaired) electrons. The molecule has 1 atom stereocenters. The molecule has 0 heterocycles. The molecule has 0 aliphatic rings. The van der Waals surface area contributed by atoms with Gasteiger partial charge in [-0.15, -0.1) is 0 Å². The quantitative estimate of drug-likeness (QED) is 0.220. The van der Waals surface area contributed by atoms with Gasteiger partial charge in [-0.3, -0.25) is 0 Å². The highest BCUT2D eigenvalue weighted by molar-refractivity contribution is 6.32. The average Bonchev–Trinajstić information content (AvgIpc) is 2.85. The molecule has 2 rings (SSSR count). The topological polar surface area (TPSA) is 74.2 Å². The van der Waals surface area contributed by atoms with Crippen LogP contribution >= 0.6 is 11.6 Å². The van der Waals surface area contributed by atoms with Crippen LogP contribution in [0.2, 0.25) is 5.02 Å². The second kappa shape index (κ2) is 14.7. The maximum absolute atomic E-state index is 12.5. The maximum Gasteiger partial charge on any atom is 0.422 e. The van der Waals surface area contributed by atoms with Gasteiger partial charge in [-0.2, -0.15) is 26.3 Å². The summed E-state index contributed by atoms with van der Waals surface area (Å²) < 4.78 is 95.1. The lowest BCUT2D eigenvalue weighted by Gasteiger charge is -2.13. The molecule has 0 bridgehead atoms. The van der Waals surface area contributed by atoms with E-state index in [1.54, 1.807) is 38.1 Å². The minimum absolute atomic E-state index is 0.0327. The monoisotopic (exact) mass is 594 g/mol. The molecule has 0 aliphatic carbocycles. The minimum atomic E-state index is -4.65. The van der Waals surface area contributed by atoms with Crippen LogP contribution in [0.5, 0.6) is 17.2 Å². The number of alkyl halides is 6. The van der Waals surface area contributed by atoms with Crippen molar-refractivity contribution in [1.82, 2.24) is 0 Å². The van der Waals surface area contributed by atoms with Crippen LogP contribution < -0.4 is 14.2 Å². The van der Waals surface area contributed by atoms with E-state index in [9.17, 15) is 36.2 Å². The van der Waals surface area contributed by atoms with Crippen LogP contribution in [-0.4, -0.2) is 56.0 Å².